The number of hydrogen-bond acceptors (Lipinski definition) is 4. The maximum atomic E-state index is 8.60. The minimum absolute atomic E-state index is 0.0660. The van der Waals surface area contributed by atoms with Gasteiger partial charge in [0.1, 0.15) is 0 Å². The number of unbranched alkanes of at least 4 members (excludes halogenated alkanes) is 13. The highest BCUT2D eigenvalue weighted by molar-refractivity contribution is 4.84. The summed E-state index contributed by atoms with van der Waals surface area (Å²) in [5.41, 5.74) is 8.60. The summed E-state index contributed by atoms with van der Waals surface area (Å²) < 4.78 is 17.9. The minimum atomic E-state index is -0.226. The average molecular weight is 482 g/mol. The summed E-state index contributed by atoms with van der Waals surface area (Å²) in [6, 6.07) is 0. The van der Waals surface area contributed by atoms with Gasteiger partial charge in [-0.3, -0.25) is 0 Å². The van der Waals surface area contributed by atoms with Crippen LogP contribution in [0, 0.1) is 17.8 Å². The van der Waals surface area contributed by atoms with Gasteiger partial charge in [0.05, 0.1) is 19.3 Å². The topological polar surface area (TPSA) is 76.5 Å². The molecule has 34 heavy (non-hydrogen) atoms. The van der Waals surface area contributed by atoms with Crippen molar-refractivity contribution in [3.8, 4) is 0 Å². The van der Waals surface area contributed by atoms with Crippen LogP contribution in [0.2, 0.25) is 0 Å². The van der Waals surface area contributed by atoms with Gasteiger partial charge in [-0.15, -0.1) is 0 Å². The van der Waals surface area contributed by atoms with Crippen molar-refractivity contribution in [1.82, 2.24) is 0 Å². The highest BCUT2D eigenvalue weighted by atomic mass is 16.7. The van der Waals surface area contributed by atoms with E-state index >= 15 is 0 Å². The summed E-state index contributed by atoms with van der Waals surface area (Å²) in [6.07, 6.45) is 19.9. The summed E-state index contributed by atoms with van der Waals surface area (Å²) in [6.45, 7) is 11.5. The number of azide groups is 1. The molecule has 1 saturated heterocycles. The van der Waals surface area contributed by atoms with Crippen LogP contribution in [0.4, 0.5) is 0 Å². The van der Waals surface area contributed by atoms with Gasteiger partial charge < -0.3 is 14.2 Å². The fourth-order valence-corrected chi connectivity index (χ4v) is 4.86. The molecule has 0 saturated carbocycles. The first-order chi connectivity index (χ1) is 16.6. The van der Waals surface area contributed by atoms with Gasteiger partial charge in [0.2, 0.25) is 0 Å². The molecular formula is C28H55N3O3. The Morgan fingerprint density at radius 2 is 1.21 bits per heavy atom. The molecule has 0 aromatic heterocycles. The maximum absolute atomic E-state index is 8.60. The SMILES string of the molecule is CCCCCCCCCCCCCCCCOCCCO[C@@H]1OC(CN=[N+]=[N-])[C@@H](C)[C@H](C)C1C. The van der Waals surface area contributed by atoms with Crippen molar-refractivity contribution < 1.29 is 14.2 Å². The molecular weight excluding hydrogens is 426 g/mol. The summed E-state index contributed by atoms with van der Waals surface area (Å²) in [4.78, 5) is 2.88. The van der Waals surface area contributed by atoms with Gasteiger partial charge in [0.15, 0.2) is 6.29 Å². The Kier molecular flexibility index (Phi) is 19.7. The summed E-state index contributed by atoms with van der Waals surface area (Å²) in [7, 11) is 0. The Bertz CT molecular complexity index is 513. The van der Waals surface area contributed by atoms with Crippen molar-refractivity contribution in [3.05, 3.63) is 10.4 Å². The molecule has 0 spiro atoms. The molecule has 0 aromatic rings. The molecule has 0 aliphatic carbocycles. The fourth-order valence-electron chi connectivity index (χ4n) is 4.86. The molecule has 1 rings (SSSR count). The van der Waals surface area contributed by atoms with E-state index in [0.717, 1.165) is 26.1 Å². The van der Waals surface area contributed by atoms with E-state index in [0.29, 0.717) is 30.9 Å². The van der Waals surface area contributed by atoms with Crippen LogP contribution in [0.3, 0.4) is 0 Å². The molecule has 1 heterocycles. The van der Waals surface area contributed by atoms with Gasteiger partial charge in [-0.2, -0.15) is 0 Å². The smallest absolute Gasteiger partial charge is 0.160 e. The zero-order chi connectivity index (χ0) is 24.9. The zero-order valence-electron chi connectivity index (χ0n) is 22.9. The van der Waals surface area contributed by atoms with E-state index in [1.54, 1.807) is 0 Å². The monoisotopic (exact) mass is 481 g/mol. The van der Waals surface area contributed by atoms with E-state index in [1.807, 2.05) is 0 Å². The molecule has 1 aliphatic rings. The Hall–Kier alpha value is -0.810. The molecule has 0 amide bonds. The largest absolute Gasteiger partial charge is 0.381 e. The standard InChI is InChI=1S/C28H55N3O3/c1-5-6-7-8-9-10-11-12-13-14-15-16-17-18-20-32-21-19-22-33-28-26(4)24(2)25(3)27(34-28)23-30-31-29/h24-28H,5-23H2,1-4H3/t24-,25-,26?,27?,28+/m0/s1. The van der Waals surface area contributed by atoms with Crippen LogP contribution in [0.5, 0.6) is 0 Å². The summed E-state index contributed by atoms with van der Waals surface area (Å²) in [5, 5.41) is 3.71. The molecule has 2 unspecified atom stereocenters. The molecule has 6 nitrogen and oxygen atoms in total. The summed E-state index contributed by atoms with van der Waals surface area (Å²) >= 11 is 0. The van der Waals surface area contributed by atoms with Gasteiger partial charge in [-0.05, 0) is 30.2 Å². The van der Waals surface area contributed by atoms with E-state index < -0.39 is 0 Å². The van der Waals surface area contributed by atoms with Crippen molar-refractivity contribution >= 4 is 0 Å². The van der Waals surface area contributed by atoms with Crippen molar-refractivity contribution in [1.29, 1.82) is 0 Å². The van der Waals surface area contributed by atoms with Crippen molar-refractivity contribution in [3.63, 3.8) is 0 Å². The van der Waals surface area contributed by atoms with Crippen LogP contribution in [-0.4, -0.2) is 38.8 Å². The number of ether oxygens (including phenoxy) is 3. The Morgan fingerprint density at radius 3 is 1.76 bits per heavy atom. The van der Waals surface area contributed by atoms with Gasteiger partial charge >= 0.3 is 0 Å². The second-order valence-electron chi connectivity index (χ2n) is 10.5. The van der Waals surface area contributed by atoms with Gasteiger partial charge in [0, 0.05) is 24.0 Å². The molecule has 5 atom stereocenters. The van der Waals surface area contributed by atoms with Gasteiger partial charge in [-0.25, -0.2) is 0 Å². The molecule has 1 fully saturated rings. The van der Waals surface area contributed by atoms with Crippen LogP contribution in [0.1, 0.15) is 124 Å². The predicted molar refractivity (Wildman–Crippen MR) is 142 cm³/mol. The lowest BCUT2D eigenvalue weighted by Crippen LogP contribution is -2.47. The molecule has 0 bridgehead atoms. The molecule has 0 aromatic carbocycles. The van der Waals surface area contributed by atoms with E-state index in [2.05, 4.69) is 37.7 Å². The lowest BCUT2D eigenvalue weighted by Gasteiger charge is -2.43. The zero-order valence-corrected chi connectivity index (χ0v) is 22.9. The third-order valence-corrected chi connectivity index (χ3v) is 7.67. The first-order valence-corrected chi connectivity index (χ1v) is 14.5. The van der Waals surface area contributed by atoms with Crippen LogP contribution >= 0.6 is 0 Å². The third kappa shape index (κ3) is 14.6. The first kappa shape index (κ1) is 31.2. The lowest BCUT2D eigenvalue weighted by atomic mass is 9.79. The first-order valence-electron chi connectivity index (χ1n) is 14.5. The lowest BCUT2D eigenvalue weighted by molar-refractivity contribution is -0.245. The second-order valence-corrected chi connectivity index (χ2v) is 10.5. The van der Waals surface area contributed by atoms with E-state index in [9.17, 15) is 0 Å². The Morgan fingerprint density at radius 1 is 0.676 bits per heavy atom. The van der Waals surface area contributed by atoms with Crippen molar-refractivity contribution in [2.45, 2.75) is 136 Å². The number of nitrogens with zero attached hydrogens (tertiary/aromatic N) is 3. The van der Waals surface area contributed by atoms with Crippen LogP contribution in [0.25, 0.3) is 10.4 Å². The van der Waals surface area contributed by atoms with E-state index in [-0.39, 0.29) is 12.4 Å². The van der Waals surface area contributed by atoms with Crippen molar-refractivity contribution in [2.24, 2.45) is 22.9 Å². The van der Waals surface area contributed by atoms with E-state index in [4.69, 9.17) is 19.7 Å². The van der Waals surface area contributed by atoms with Crippen LogP contribution in [0.15, 0.2) is 5.11 Å². The maximum Gasteiger partial charge on any atom is 0.160 e. The van der Waals surface area contributed by atoms with E-state index in [1.165, 1.54) is 83.5 Å². The number of rotatable bonds is 22. The third-order valence-electron chi connectivity index (χ3n) is 7.67. The average Bonchev–Trinajstić information content (AvgIpc) is 2.84. The quantitative estimate of drug-likeness (QED) is 0.0670. The molecule has 1 aliphatic heterocycles. The van der Waals surface area contributed by atoms with Crippen LogP contribution in [-0.2, 0) is 14.2 Å². The van der Waals surface area contributed by atoms with Gasteiger partial charge in [-0.1, -0.05) is 116 Å². The second kappa shape index (κ2) is 21.5. The Balaban J connectivity index is 1.89. The van der Waals surface area contributed by atoms with Crippen LogP contribution < -0.4 is 0 Å². The highest BCUT2D eigenvalue weighted by Gasteiger charge is 2.39. The minimum Gasteiger partial charge on any atom is -0.381 e. The highest BCUT2D eigenvalue weighted by Crippen LogP contribution is 2.35. The number of hydrogen-bond donors (Lipinski definition) is 0. The fraction of sp³-hybridized carbons (Fsp3) is 1.00. The molecule has 0 N–H and O–H groups in total. The predicted octanol–water partition coefficient (Wildman–Crippen LogP) is 8.83. The molecule has 0 radical (unpaired) electrons. The normalized spacial score (nSPS) is 24.8. The van der Waals surface area contributed by atoms with Gasteiger partial charge in [0.25, 0.3) is 0 Å². The summed E-state index contributed by atoms with van der Waals surface area (Å²) in [5.74, 6) is 1.15. The Labute approximate surface area is 210 Å². The van der Waals surface area contributed by atoms with Crippen molar-refractivity contribution in [2.75, 3.05) is 26.4 Å². The molecule has 6 heteroatoms. The molecule has 200 valence electrons.